The minimum atomic E-state index is -0.118. The van der Waals surface area contributed by atoms with Crippen molar-refractivity contribution in [1.29, 1.82) is 0 Å². The Hall–Kier alpha value is -0.980. The zero-order valence-electron chi connectivity index (χ0n) is 10.2. The number of rotatable bonds is 3. The molecule has 5 nitrogen and oxygen atoms in total. The Labute approximate surface area is 107 Å². The Morgan fingerprint density at radius 2 is 2.47 bits per heavy atom. The topological polar surface area (TPSA) is 56.3 Å². The molecule has 1 unspecified atom stereocenters. The van der Waals surface area contributed by atoms with E-state index >= 15 is 0 Å². The van der Waals surface area contributed by atoms with Gasteiger partial charge < -0.3 is 10.5 Å². The van der Waals surface area contributed by atoms with Gasteiger partial charge in [-0.25, -0.2) is 0 Å². The summed E-state index contributed by atoms with van der Waals surface area (Å²) in [4.78, 5) is 2.74. The number of ether oxygens (including phenoxy) is 1. The summed E-state index contributed by atoms with van der Waals surface area (Å²) >= 11 is 4.97. The van der Waals surface area contributed by atoms with E-state index in [0.29, 0.717) is 11.6 Å². The predicted octanol–water partition coefficient (Wildman–Crippen LogP) is 0.215. The van der Waals surface area contributed by atoms with E-state index in [0.717, 1.165) is 25.3 Å². The largest absolute Gasteiger partial charge is 0.391 e. The molecule has 0 saturated carbocycles. The first-order valence-electron chi connectivity index (χ1n) is 5.69. The second-order valence-electron chi connectivity index (χ2n) is 4.40. The minimum absolute atomic E-state index is 0.118. The van der Waals surface area contributed by atoms with Gasteiger partial charge in [-0.2, -0.15) is 5.10 Å². The van der Waals surface area contributed by atoms with Gasteiger partial charge in [-0.15, -0.1) is 0 Å². The van der Waals surface area contributed by atoms with Crippen molar-refractivity contribution in [2.45, 2.75) is 19.6 Å². The van der Waals surface area contributed by atoms with E-state index in [-0.39, 0.29) is 6.10 Å². The van der Waals surface area contributed by atoms with Crippen LogP contribution in [0, 0.1) is 6.92 Å². The summed E-state index contributed by atoms with van der Waals surface area (Å²) in [5.74, 6) is 0. The van der Waals surface area contributed by atoms with E-state index < -0.39 is 0 Å². The molecule has 0 bridgehead atoms. The number of morpholine rings is 1. The van der Waals surface area contributed by atoms with Gasteiger partial charge in [0.2, 0.25) is 0 Å². The average molecular weight is 254 g/mol. The molecular formula is C11H18N4OS. The van der Waals surface area contributed by atoms with Crippen LogP contribution in [0.2, 0.25) is 0 Å². The third-order valence-corrected chi connectivity index (χ3v) is 3.22. The zero-order valence-corrected chi connectivity index (χ0v) is 11.0. The van der Waals surface area contributed by atoms with Crippen molar-refractivity contribution >= 4 is 17.2 Å². The summed E-state index contributed by atoms with van der Waals surface area (Å²) < 4.78 is 7.43. The highest BCUT2D eigenvalue weighted by atomic mass is 32.1. The van der Waals surface area contributed by atoms with Crippen LogP contribution in [0.15, 0.2) is 6.07 Å². The zero-order chi connectivity index (χ0) is 12.4. The highest BCUT2D eigenvalue weighted by Crippen LogP contribution is 2.11. The number of aromatic nitrogens is 2. The van der Waals surface area contributed by atoms with Crippen molar-refractivity contribution in [3.05, 3.63) is 17.5 Å². The van der Waals surface area contributed by atoms with Crippen molar-refractivity contribution in [1.82, 2.24) is 14.7 Å². The van der Waals surface area contributed by atoms with Crippen molar-refractivity contribution in [3.8, 4) is 0 Å². The van der Waals surface area contributed by atoms with Gasteiger partial charge in [0.05, 0.1) is 18.0 Å². The van der Waals surface area contributed by atoms with Gasteiger partial charge in [-0.3, -0.25) is 9.58 Å². The Bertz CT molecular complexity index is 418. The molecule has 0 aliphatic carbocycles. The normalized spacial score (nSPS) is 21.6. The number of hydrogen-bond acceptors (Lipinski definition) is 4. The van der Waals surface area contributed by atoms with E-state index in [2.05, 4.69) is 16.1 Å². The summed E-state index contributed by atoms with van der Waals surface area (Å²) in [7, 11) is 1.97. The maximum atomic E-state index is 5.62. The van der Waals surface area contributed by atoms with Crippen molar-refractivity contribution < 1.29 is 4.74 Å². The molecule has 1 fully saturated rings. The molecule has 2 heterocycles. The molecule has 0 amide bonds. The molecule has 94 valence electrons. The van der Waals surface area contributed by atoms with Crippen molar-refractivity contribution in [2.75, 3.05) is 19.7 Å². The summed E-state index contributed by atoms with van der Waals surface area (Å²) in [5, 5.41) is 4.34. The lowest BCUT2D eigenvalue weighted by Gasteiger charge is -2.32. The van der Waals surface area contributed by atoms with E-state index in [1.165, 1.54) is 5.69 Å². The molecule has 0 aromatic carbocycles. The van der Waals surface area contributed by atoms with Crippen molar-refractivity contribution in [2.24, 2.45) is 12.8 Å². The minimum Gasteiger partial charge on any atom is -0.391 e. The van der Waals surface area contributed by atoms with Gasteiger partial charge in [0, 0.05) is 26.7 Å². The fourth-order valence-electron chi connectivity index (χ4n) is 2.06. The van der Waals surface area contributed by atoms with Gasteiger partial charge in [0.25, 0.3) is 0 Å². The monoisotopic (exact) mass is 254 g/mol. The predicted molar refractivity (Wildman–Crippen MR) is 69.7 cm³/mol. The van der Waals surface area contributed by atoms with Crippen LogP contribution in [0.25, 0.3) is 0 Å². The first-order valence-corrected chi connectivity index (χ1v) is 6.10. The molecule has 17 heavy (non-hydrogen) atoms. The molecule has 1 saturated heterocycles. The SMILES string of the molecule is Cc1cc(CN2CCOC(C(N)=S)C2)n(C)n1. The molecule has 1 aromatic rings. The fraction of sp³-hybridized carbons (Fsp3) is 0.636. The summed E-state index contributed by atoms with van der Waals surface area (Å²) in [6.07, 6.45) is -0.118. The molecule has 0 radical (unpaired) electrons. The number of aryl methyl sites for hydroxylation is 2. The highest BCUT2D eigenvalue weighted by molar-refractivity contribution is 7.80. The van der Waals surface area contributed by atoms with Crippen LogP contribution >= 0.6 is 12.2 Å². The number of nitrogens with zero attached hydrogens (tertiary/aromatic N) is 3. The first kappa shape index (κ1) is 12.5. The second kappa shape index (κ2) is 5.12. The van der Waals surface area contributed by atoms with Crippen LogP contribution in [-0.2, 0) is 18.3 Å². The standard InChI is InChI=1S/C11H18N4OS/c1-8-5-9(14(2)13-8)6-15-3-4-16-10(7-15)11(12)17/h5,10H,3-4,6-7H2,1-2H3,(H2,12,17). The third-order valence-electron chi connectivity index (χ3n) is 2.95. The lowest BCUT2D eigenvalue weighted by atomic mass is 10.2. The Kier molecular flexibility index (Phi) is 3.76. The van der Waals surface area contributed by atoms with Crippen molar-refractivity contribution in [3.63, 3.8) is 0 Å². The van der Waals surface area contributed by atoms with Gasteiger partial charge in [0.15, 0.2) is 0 Å². The average Bonchev–Trinajstić information content (AvgIpc) is 2.58. The Balaban J connectivity index is 1.99. The maximum Gasteiger partial charge on any atom is 0.120 e. The Morgan fingerprint density at radius 1 is 1.71 bits per heavy atom. The van der Waals surface area contributed by atoms with E-state index in [1.54, 1.807) is 0 Å². The molecule has 0 spiro atoms. The summed E-state index contributed by atoms with van der Waals surface area (Å²) in [6, 6.07) is 2.10. The lowest BCUT2D eigenvalue weighted by Crippen LogP contribution is -2.47. The first-order chi connectivity index (χ1) is 8.06. The lowest BCUT2D eigenvalue weighted by molar-refractivity contribution is 0.00306. The molecule has 2 rings (SSSR count). The molecular weight excluding hydrogens is 236 g/mol. The van der Waals surface area contributed by atoms with Gasteiger partial charge in [0.1, 0.15) is 11.1 Å². The number of thiocarbonyl (C=S) groups is 1. The highest BCUT2D eigenvalue weighted by Gasteiger charge is 2.23. The molecule has 6 heteroatoms. The second-order valence-corrected chi connectivity index (χ2v) is 4.87. The summed E-state index contributed by atoms with van der Waals surface area (Å²) in [5.41, 5.74) is 7.86. The van der Waals surface area contributed by atoms with Crippen LogP contribution in [0.3, 0.4) is 0 Å². The Morgan fingerprint density at radius 3 is 3.06 bits per heavy atom. The number of hydrogen-bond donors (Lipinski definition) is 1. The summed E-state index contributed by atoms with van der Waals surface area (Å²) in [6.45, 7) is 5.21. The van der Waals surface area contributed by atoms with Gasteiger partial charge >= 0.3 is 0 Å². The molecule has 2 N–H and O–H groups in total. The molecule has 1 aromatic heterocycles. The van der Waals surface area contributed by atoms with E-state index in [4.69, 9.17) is 22.7 Å². The van der Waals surface area contributed by atoms with Gasteiger partial charge in [-0.1, -0.05) is 12.2 Å². The molecule has 1 atom stereocenters. The van der Waals surface area contributed by atoms with Crippen LogP contribution in [0.5, 0.6) is 0 Å². The van der Waals surface area contributed by atoms with Crippen LogP contribution < -0.4 is 5.73 Å². The van der Waals surface area contributed by atoms with Crippen LogP contribution in [0.1, 0.15) is 11.4 Å². The van der Waals surface area contributed by atoms with E-state index in [1.807, 2.05) is 18.7 Å². The van der Waals surface area contributed by atoms with E-state index in [9.17, 15) is 0 Å². The van der Waals surface area contributed by atoms with Crippen LogP contribution in [-0.4, -0.2) is 45.5 Å². The molecule has 1 aliphatic heterocycles. The maximum absolute atomic E-state index is 5.62. The van der Waals surface area contributed by atoms with Crippen LogP contribution in [0.4, 0.5) is 0 Å². The number of nitrogens with two attached hydrogens (primary N) is 1. The quantitative estimate of drug-likeness (QED) is 0.782. The fourth-order valence-corrected chi connectivity index (χ4v) is 2.20. The smallest absolute Gasteiger partial charge is 0.120 e. The van der Waals surface area contributed by atoms with Gasteiger partial charge in [-0.05, 0) is 13.0 Å². The third kappa shape index (κ3) is 3.02. The molecule has 1 aliphatic rings.